The van der Waals surface area contributed by atoms with Crippen molar-refractivity contribution in [2.24, 2.45) is 0 Å². The molecule has 5 nitrogen and oxygen atoms in total. The standard InChI is InChI=1S/C16H18N2O3/c1-11-9-14(18(19)20)7-8-16(11)21-15-6-4-5-13(10-15)12(2)17-3/h4-10,12,17H,1-3H3. The van der Waals surface area contributed by atoms with Crippen molar-refractivity contribution >= 4 is 5.69 Å². The first-order valence-corrected chi connectivity index (χ1v) is 6.71. The summed E-state index contributed by atoms with van der Waals surface area (Å²) in [6, 6.07) is 12.6. The zero-order valence-electron chi connectivity index (χ0n) is 12.3. The summed E-state index contributed by atoms with van der Waals surface area (Å²) in [5.74, 6) is 1.33. The van der Waals surface area contributed by atoms with E-state index in [9.17, 15) is 10.1 Å². The van der Waals surface area contributed by atoms with E-state index in [2.05, 4.69) is 12.2 Å². The van der Waals surface area contributed by atoms with Crippen LogP contribution in [0.25, 0.3) is 0 Å². The van der Waals surface area contributed by atoms with E-state index < -0.39 is 4.92 Å². The van der Waals surface area contributed by atoms with Crippen molar-refractivity contribution in [3.63, 3.8) is 0 Å². The quantitative estimate of drug-likeness (QED) is 0.667. The zero-order valence-corrected chi connectivity index (χ0v) is 12.3. The minimum Gasteiger partial charge on any atom is -0.457 e. The van der Waals surface area contributed by atoms with Gasteiger partial charge in [0.05, 0.1) is 4.92 Å². The second kappa shape index (κ2) is 6.37. The highest BCUT2D eigenvalue weighted by Gasteiger charge is 2.10. The first-order chi connectivity index (χ1) is 10.0. The average Bonchev–Trinajstić information content (AvgIpc) is 2.48. The maximum absolute atomic E-state index is 10.7. The van der Waals surface area contributed by atoms with Crippen LogP contribution in [0.1, 0.15) is 24.1 Å². The van der Waals surface area contributed by atoms with Crippen LogP contribution < -0.4 is 10.1 Å². The van der Waals surface area contributed by atoms with Gasteiger partial charge in [0, 0.05) is 18.2 Å². The summed E-state index contributed by atoms with van der Waals surface area (Å²) >= 11 is 0. The third kappa shape index (κ3) is 3.58. The van der Waals surface area contributed by atoms with Gasteiger partial charge in [-0.05, 0) is 50.2 Å². The second-order valence-corrected chi connectivity index (χ2v) is 4.89. The van der Waals surface area contributed by atoms with Gasteiger partial charge >= 0.3 is 0 Å². The highest BCUT2D eigenvalue weighted by molar-refractivity contribution is 5.45. The molecule has 0 aliphatic heterocycles. The molecular weight excluding hydrogens is 268 g/mol. The summed E-state index contributed by atoms with van der Waals surface area (Å²) in [6.07, 6.45) is 0. The number of aryl methyl sites for hydroxylation is 1. The lowest BCUT2D eigenvalue weighted by Gasteiger charge is -2.13. The normalized spacial score (nSPS) is 12.0. The minimum atomic E-state index is -0.411. The van der Waals surface area contributed by atoms with Crippen LogP contribution in [0.5, 0.6) is 11.5 Å². The molecule has 1 atom stereocenters. The third-order valence-electron chi connectivity index (χ3n) is 3.39. The van der Waals surface area contributed by atoms with Crippen molar-refractivity contribution in [2.75, 3.05) is 7.05 Å². The van der Waals surface area contributed by atoms with Gasteiger partial charge in [-0.2, -0.15) is 0 Å². The Morgan fingerprint density at radius 1 is 1.24 bits per heavy atom. The number of nitrogens with one attached hydrogen (secondary N) is 1. The zero-order chi connectivity index (χ0) is 15.4. The number of non-ortho nitro benzene ring substituents is 1. The predicted molar refractivity (Wildman–Crippen MR) is 81.8 cm³/mol. The van der Waals surface area contributed by atoms with E-state index in [1.165, 1.54) is 12.1 Å². The van der Waals surface area contributed by atoms with Crippen LogP contribution in [0.2, 0.25) is 0 Å². The molecule has 1 unspecified atom stereocenters. The van der Waals surface area contributed by atoms with E-state index in [4.69, 9.17) is 4.74 Å². The molecule has 1 N–H and O–H groups in total. The van der Waals surface area contributed by atoms with Gasteiger partial charge in [0.25, 0.3) is 5.69 Å². The van der Waals surface area contributed by atoms with E-state index in [0.717, 1.165) is 11.1 Å². The van der Waals surface area contributed by atoms with Gasteiger partial charge in [0.2, 0.25) is 0 Å². The van der Waals surface area contributed by atoms with Crippen molar-refractivity contribution in [1.29, 1.82) is 0 Å². The summed E-state index contributed by atoms with van der Waals surface area (Å²) in [4.78, 5) is 10.3. The Bertz CT molecular complexity index is 656. The fourth-order valence-electron chi connectivity index (χ4n) is 2.00. The fraction of sp³-hybridized carbons (Fsp3) is 0.250. The van der Waals surface area contributed by atoms with Gasteiger partial charge < -0.3 is 10.1 Å². The summed E-state index contributed by atoms with van der Waals surface area (Å²) in [7, 11) is 1.90. The number of ether oxygens (including phenoxy) is 1. The summed E-state index contributed by atoms with van der Waals surface area (Å²) < 4.78 is 5.83. The van der Waals surface area contributed by atoms with Crippen LogP contribution in [0.3, 0.4) is 0 Å². The molecule has 21 heavy (non-hydrogen) atoms. The number of nitro groups is 1. The van der Waals surface area contributed by atoms with Gasteiger partial charge in [-0.1, -0.05) is 12.1 Å². The van der Waals surface area contributed by atoms with Gasteiger partial charge in [-0.15, -0.1) is 0 Å². The van der Waals surface area contributed by atoms with Crippen molar-refractivity contribution in [3.8, 4) is 11.5 Å². The molecule has 0 amide bonds. The summed E-state index contributed by atoms with van der Waals surface area (Å²) in [6.45, 7) is 3.86. The molecule has 110 valence electrons. The molecule has 2 aromatic carbocycles. The molecule has 2 aromatic rings. The molecule has 0 saturated carbocycles. The Balaban J connectivity index is 2.24. The second-order valence-electron chi connectivity index (χ2n) is 4.89. The highest BCUT2D eigenvalue weighted by atomic mass is 16.6. The third-order valence-corrected chi connectivity index (χ3v) is 3.39. The smallest absolute Gasteiger partial charge is 0.269 e. The number of rotatable bonds is 5. The van der Waals surface area contributed by atoms with Crippen molar-refractivity contribution in [2.45, 2.75) is 19.9 Å². The fourth-order valence-corrected chi connectivity index (χ4v) is 2.00. The first-order valence-electron chi connectivity index (χ1n) is 6.71. The van der Waals surface area contributed by atoms with E-state index >= 15 is 0 Å². The molecule has 0 aromatic heterocycles. The topological polar surface area (TPSA) is 64.4 Å². The van der Waals surface area contributed by atoms with Crippen molar-refractivity contribution in [1.82, 2.24) is 5.32 Å². The molecule has 2 rings (SSSR count). The summed E-state index contributed by atoms with van der Waals surface area (Å²) in [5.41, 5.74) is 1.92. The SMILES string of the molecule is CNC(C)c1cccc(Oc2ccc([N+](=O)[O-])cc2C)c1. The van der Waals surface area contributed by atoms with Crippen LogP contribution in [0.4, 0.5) is 5.69 Å². The van der Waals surface area contributed by atoms with E-state index in [-0.39, 0.29) is 11.7 Å². The molecule has 5 heteroatoms. The molecule has 0 saturated heterocycles. The Morgan fingerprint density at radius 2 is 2.00 bits per heavy atom. The molecule has 0 fully saturated rings. The Morgan fingerprint density at radius 3 is 2.62 bits per heavy atom. The number of benzene rings is 2. The molecule has 0 aliphatic rings. The average molecular weight is 286 g/mol. The van der Waals surface area contributed by atoms with Crippen molar-refractivity contribution < 1.29 is 9.66 Å². The van der Waals surface area contributed by atoms with E-state index in [1.807, 2.05) is 31.3 Å². The molecule has 0 aliphatic carbocycles. The van der Waals surface area contributed by atoms with Crippen LogP contribution in [0, 0.1) is 17.0 Å². The van der Waals surface area contributed by atoms with Crippen LogP contribution in [-0.4, -0.2) is 12.0 Å². The number of hydrogen-bond donors (Lipinski definition) is 1. The molecular formula is C16H18N2O3. The van der Waals surface area contributed by atoms with Gasteiger partial charge in [-0.3, -0.25) is 10.1 Å². The Hall–Kier alpha value is -2.40. The lowest BCUT2D eigenvalue weighted by atomic mass is 10.1. The Kier molecular flexibility index (Phi) is 4.55. The van der Waals surface area contributed by atoms with E-state index in [0.29, 0.717) is 11.5 Å². The van der Waals surface area contributed by atoms with Gasteiger partial charge in [0.15, 0.2) is 0 Å². The lowest BCUT2D eigenvalue weighted by Crippen LogP contribution is -2.12. The van der Waals surface area contributed by atoms with E-state index in [1.54, 1.807) is 13.0 Å². The largest absolute Gasteiger partial charge is 0.457 e. The summed E-state index contributed by atoms with van der Waals surface area (Å²) in [5, 5.41) is 13.9. The molecule has 0 heterocycles. The monoisotopic (exact) mass is 286 g/mol. The molecule has 0 spiro atoms. The lowest BCUT2D eigenvalue weighted by molar-refractivity contribution is -0.384. The number of nitro benzene ring substituents is 1. The molecule has 0 radical (unpaired) electrons. The van der Waals surface area contributed by atoms with Gasteiger partial charge in [-0.25, -0.2) is 0 Å². The van der Waals surface area contributed by atoms with Crippen LogP contribution in [-0.2, 0) is 0 Å². The number of nitrogens with zero attached hydrogens (tertiary/aromatic N) is 1. The van der Waals surface area contributed by atoms with Crippen LogP contribution >= 0.6 is 0 Å². The predicted octanol–water partition coefficient (Wildman–Crippen LogP) is 3.98. The minimum absolute atomic E-state index is 0.0670. The first kappa shape index (κ1) is 15.0. The van der Waals surface area contributed by atoms with Crippen LogP contribution in [0.15, 0.2) is 42.5 Å². The Labute approximate surface area is 123 Å². The van der Waals surface area contributed by atoms with Crippen molar-refractivity contribution in [3.05, 3.63) is 63.7 Å². The number of hydrogen-bond acceptors (Lipinski definition) is 4. The maximum atomic E-state index is 10.7. The molecule has 0 bridgehead atoms. The highest BCUT2D eigenvalue weighted by Crippen LogP contribution is 2.29. The van der Waals surface area contributed by atoms with Gasteiger partial charge in [0.1, 0.15) is 11.5 Å². The maximum Gasteiger partial charge on any atom is 0.269 e.